The van der Waals surface area contributed by atoms with Gasteiger partial charge in [-0.1, -0.05) is 63.9 Å². The van der Waals surface area contributed by atoms with E-state index in [4.69, 9.17) is 27.6 Å². The van der Waals surface area contributed by atoms with Crippen molar-refractivity contribution in [3.8, 4) is 11.6 Å². The molecule has 3 aromatic carbocycles. The third-order valence-electron chi connectivity index (χ3n) is 5.02. The fraction of sp³-hybridized carbons (Fsp3) is 0.0476. The van der Waals surface area contributed by atoms with Crippen LogP contribution in [0.25, 0.3) is 10.8 Å². The molecule has 1 unspecified atom stereocenters. The molecule has 0 saturated carbocycles. The smallest absolute Gasteiger partial charge is 0.228 e. The lowest BCUT2D eigenvalue weighted by atomic mass is 9.83. The number of fused-ring (bicyclic) bond motifs is 4. The Morgan fingerprint density at radius 3 is 2.57 bits per heavy atom. The molecule has 0 spiro atoms. The maximum atomic E-state index is 8.53. The van der Waals surface area contributed by atoms with E-state index in [9.17, 15) is 0 Å². The summed E-state index contributed by atoms with van der Waals surface area (Å²) < 4.78 is 8.36. The Morgan fingerprint density at radius 2 is 1.82 bits per heavy atom. The summed E-state index contributed by atoms with van der Waals surface area (Å²) in [5.41, 5.74) is 2.65. The zero-order valence-corrected chi connectivity index (χ0v) is 16.8. The van der Waals surface area contributed by atoms with E-state index in [1.165, 1.54) is 11.0 Å². The van der Waals surface area contributed by atoms with Gasteiger partial charge >= 0.3 is 0 Å². The normalized spacial score (nSPS) is 15.0. The van der Waals surface area contributed by atoms with Gasteiger partial charge in [0, 0.05) is 31.7 Å². The van der Waals surface area contributed by atoms with Crippen LogP contribution in [0, 0.1) is 5.41 Å². The zero-order chi connectivity index (χ0) is 19.4. The molecule has 0 aliphatic carbocycles. The van der Waals surface area contributed by atoms with Gasteiger partial charge in [0.05, 0.1) is 5.56 Å². The Morgan fingerprint density at radius 1 is 1.11 bits per heavy atom. The van der Waals surface area contributed by atoms with Crippen molar-refractivity contribution in [2.45, 2.75) is 5.92 Å². The second-order valence-corrected chi connectivity index (χ2v) is 7.95. The van der Waals surface area contributed by atoms with Gasteiger partial charge in [-0.3, -0.25) is 5.41 Å². The van der Waals surface area contributed by atoms with Crippen molar-refractivity contribution in [2.24, 2.45) is 0 Å². The van der Waals surface area contributed by atoms with Gasteiger partial charge in [-0.05, 0) is 23.8 Å². The summed E-state index contributed by atoms with van der Waals surface area (Å²) in [4.78, 5) is 4.35. The van der Waals surface area contributed by atoms with E-state index in [1.807, 2.05) is 54.6 Å². The molecule has 5 rings (SSSR count). The standard InChI is InChI=1S/C21H14BrClN4O/c22-12-7-5-11(6-8-12)17-15-9-16(23)13-3-1-2-4-14(13)19(15)28-21-18(17)20(24)27(25)10-26-21/h1-10,17,24H,25H2. The second kappa shape index (κ2) is 6.36. The SMILES string of the molecule is N=c1c2c(ncn1N)Oc1c(cc(Cl)c3ccccc13)C2c1ccc(Br)cc1. The molecule has 7 heteroatoms. The van der Waals surface area contributed by atoms with Crippen LogP contribution in [0.5, 0.6) is 11.6 Å². The van der Waals surface area contributed by atoms with Crippen LogP contribution in [-0.4, -0.2) is 9.66 Å². The van der Waals surface area contributed by atoms with Crippen molar-refractivity contribution in [1.29, 1.82) is 5.41 Å². The number of ether oxygens (including phenoxy) is 1. The topological polar surface area (TPSA) is 76.9 Å². The predicted molar refractivity (Wildman–Crippen MR) is 112 cm³/mol. The maximum Gasteiger partial charge on any atom is 0.228 e. The number of hydrogen-bond donors (Lipinski definition) is 2. The monoisotopic (exact) mass is 452 g/mol. The Balaban J connectivity index is 1.89. The minimum Gasteiger partial charge on any atom is -0.438 e. The number of benzene rings is 3. The lowest BCUT2D eigenvalue weighted by molar-refractivity contribution is 0.431. The van der Waals surface area contributed by atoms with E-state index in [0.717, 1.165) is 26.4 Å². The lowest BCUT2D eigenvalue weighted by Crippen LogP contribution is -2.33. The minimum absolute atomic E-state index is 0.146. The van der Waals surface area contributed by atoms with E-state index in [1.54, 1.807) is 0 Å². The maximum absolute atomic E-state index is 8.53. The molecule has 0 saturated heterocycles. The molecule has 28 heavy (non-hydrogen) atoms. The van der Waals surface area contributed by atoms with Crippen molar-refractivity contribution in [3.05, 3.63) is 92.6 Å². The van der Waals surface area contributed by atoms with Crippen LogP contribution in [0.3, 0.4) is 0 Å². The molecule has 138 valence electrons. The summed E-state index contributed by atoms with van der Waals surface area (Å²) in [6.07, 6.45) is 1.39. The number of nitrogen functional groups attached to an aromatic ring is 1. The van der Waals surface area contributed by atoms with E-state index in [-0.39, 0.29) is 11.4 Å². The van der Waals surface area contributed by atoms with Crippen molar-refractivity contribution in [1.82, 2.24) is 9.66 Å². The third kappa shape index (κ3) is 2.52. The van der Waals surface area contributed by atoms with Crippen molar-refractivity contribution >= 4 is 38.3 Å². The molecule has 0 fully saturated rings. The Bertz CT molecular complexity index is 1300. The van der Waals surface area contributed by atoms with Crippen LogP contribution in [0.4, 0.5) is 0 Å². The number of nitrogens with zero attached hydrogens (tertiary/aromatic N) is 2. The quantitative estimate of drug-likeness (QED) is 0.353. The number of rotatable bonds is 1. The van der Waals surface area contributed by atoms with Gasteiger partial charge in [0.25, 0.3) is 0 Å². The molecular weight excluding hydrogens is 440 g/mol. The number of halogens is 2. The molecule has 1 aliphatic heterocycles. The molecular formula is C21H14BrClN4O. The van der Waals surface area contributed by atoms with Crippen LogP contribution >= 0.6 is 27.5 Å². The largest absolute Gasteiger partial charge is 0.438 e. The fourth-order valence-electron chi connectivity index (χ4n) is 3.73. The molecule has 1 aromatic heterocycles. The third-order valence-corrected chi connectivity index (χ3v) is 5.86. The Kier molecular flexibility index (Phi) is 3.92. The van der Waals surface area contributed by atoms with Crippen molar-refractivity contribution in [2.75, 3.05) is 5.84 Å². The van der Waals surface area contributed by atoms with Gasteiger partial charge in [0.2, 0.25) is 5.88 Å². The first kappa shape index (κ1) is 17.3. The van der Waals surface area contributed by atoms with Gasteiger partial charge in [-0.15, -0.1) is 0 Å². The fourth-order valence-corrected chi connectivity index (χ4v) is 4.28. The van der Waals surface area contributed by atoms with Gasteiger partial charge in [0.1, 0.15) is 12.1 Å². The van der Waals surface area contributed by atoms with Crippen LogP contribution in [0.15, 0.2) is 65.4 Å². The molecule has 0 radical (unpaired) electrons. The summed E-state index contributed by atoms with van der Waals surface area (Å²) in [6.45, 7) is 0. The highest BCUT2D eigenvalue weighted by atomic mass is 79.9. The molecule has 0 amide bonds. The van der Waals surface area contributed by atoms with Crippen LogP contribution < -0.4 is 16.1 Å². The molecule has 1 aliphatic rings. The first-order valence-electron chi connectivity index (χ1n) is 8.60. The highest BCUT2D eigenvalue weighted by Crippen LogP contribution is 2.49. The van der Waals surface area contributed by atoms with Gasteiger partial charge in [-0.2, -0.15) is 0 Å². The summed E-state index contributed by atoms with van der Waals surface area (Å²) in [7, 11) is 0. The van der Waals surface area contributed by atoms with E-state index < -0.39 is 0 Å². The zero-order valence-electron chi connectivity index (χ0n) is 14.5. The van der Waals surface area contributed by atoms with Crippen LogP contribution in [-0.2, 0) is 0 Å². The van der Waals surface area contributed by atoms with Crippen molar-refractivity contribution < 1.29 is 4.74 Å². The lowest BCUT2D eigenvalue weighted by Gasteiger charge is -2.29. The summed E-state index contributed by atoms with van der Waals surface area (Å²) in [5.74, 6) is 6.75. The molecule has 4 aromatic rings. The van der Waals surface area contributed by atoms with Crippen LogP contribution in [0.2, 0.25) is 5.02 Å². The van der Waals surface area contributed by atoms with Crippen molar-refractivity contribution in [3.63, 3.8) is 0 Å². The second-order valence-electron chi connectivity index (χ2n) is 6.63. The van der Waals surface area contributed by atoms with Gasteiger partial charge in [0.15, 0.2) is 5.49 Å². The van der Waals surface area contributed by atoms with Gasteiger partial charge in [-0.25, -0.2) is 9.66 Å². The Labute approximate surface area is 174 Å². The number of nitrogens with one attached hydrogen (secondary N) is 1. The molecule has 3 N–H and O–H groups in total. The first-order valence-corrected chi connectivity index (χ1v) is 9.77. The average molecular weight is 454 g/mol. The van der Waals surface area contributed by atoms with E-state index in [0.29, 0.717) is 22.2 Å². The highest BCUT2D eigenvalue weighted by molar-refractivity contribution is 9.10. The minimum atomic E-state index is -0.273. The first-order chi connectivity index (χ1) is 13.5. The molecule has 0 bridgehead atoms. The molecule has 5 nitrogen and oxygen atoms in total. The summed E-state index contributed by atoms with van der Waals surface area (Å²) >= 11 is 10.1. The number of nitrogens with two attached hydrogens (primary N) is 1. The molecule has 2 heterocycles. The average Bonchev–Trinajstić information content (AvgIpc) is 2.71. The van der Waals surface area contributed by atoms with E-state index >= 15 is 0 Å². The van der Waals surface area contributed by atoms with Crippen LogP contribution in [0.1, 0.15) is 22.6 Å². The summed E-state index contributed by atoms with van der Waals surface area (Å²) in [6, 6.07) is 17.8. The number of aromatic nitrogens is 2. The van der Waals surface area contributed by atoms with Gasteiger partial charge < -0.3 is 10.6 Å². The predicted octanol–water partition coefficient (Wildman–Crippen LogP) is 4.93. The molecule has 1 atom stereocenters. The highest BCUT2D eigenvalue weighted by Gasteiger charge is 2.33. The Hall–Kier alpha value is -2.83. The number of hydrogen-bond acceptors (Lipinski definition) is 4. The summed E-state index contributed by atoms with van der Waals surface area (Å²) in [5, 5.41) is 11.0. The van der Waals surface area contributed by atoms with E-state index in [2.05, 4.69) is 20.9 Å².